The number of fused-ring (bicyclic) bond motifs is 1. The second-order valence-electron chi connectivity index (χ2n) is 5.83. The van der Waals surface area contributed by atoms with Crippen LogP contribution in [-0.2, 0) is 4.79 Å². The fourth-order valence-corrected chi connectivity index (χ4v) is 3.47. The molecule has 1 amide bonds. The van der Waals surface area contributed by atoms with Gasteiger partial charge in [0.1, 0.15) is 12.4 Å². The summed E-state index contributed by atoms with van der Waals surface area (Å²) < 4.78 is 5.58. The fourth-order valence-electron chi connectivity index (χ4n) is 3.21. The van der Waals surface area contributed by atoms with Gasteiger partial charge in [0, 0.05) is 5.56 Å². The first-order valence-corrected chi connectivity index (χ1v) is 7.26. The fraction of sp³-hybridized carbons (Fsp3) is 0.467. The molecule has 5 heteroatoms. The highest BCUT2D eigenvalue weighted by molar-refractivity contribution is 7.80. The number of carbonyl (C=O) groups is 1. The molecular formula is C15H18N2O2S. The van der Waals surface area contributed by atoms with Crippen LogP contribution in [-0.4, -0.2) is 17.5 Å². The number of thiocarbonyl (C=S) groups is 1. The van der Waals surface area contributed by atoms with Gasteiger partial charge in [0.05, 0.1) is 16.4 Å². The zero-order chi connectivity index (χ0) is 14.3. The SMILES string of the molecule is CC1CC(C(=O)NC2COc3ccccc32)(C(N)=S)C1. The van der Waals surface area contributed by atoms with Crippen LogP contribution in [0.15, 0.2) is 24.3 Å². The number of ether oxygens (including phenoxy) is 1. The summed E-state index contributed by atoms with van der Waals surface area (Å²) in [5.74, 6) is 1.27. The molecule has 1 heterocycles. The van der Waals surface area contributed by atoms with Gasteiger partial charge in [-0.1, -0.05) is 37.3 Å². The monoisotopic (exact) mass is 290 g/mol. The number of carbonyl (C=O) groups excluding carboxylic acids is 1. The Morgan fingerprint density at radius 2 is 2.15 bits per heavy atom. The van der Waals surface area contributed by atoms with E-state index in [1.54, 1.807) is 0 Å². The van der Waals surface area contributed by atoms with Crippen molar-refractivity contribution in [2.45, 2.75) is 25.8 Å². The first-order chi connectivity index (χ1) is 9.53. The van der Waals surface area contributed by atoms with Crippen LogP contribution in [0.2, 0.25) is 0 Å². The van der Waals surface area contributed by atoms with Gasteiger partial charge in [0.2, 0.25) is 5.91 Å². The molecule has 0 saturated heterocycles. The van der Waals surface area contributed by atoms with Gasteiger partial charge in [-0.3, -0.25) is 4.79 Å². The summed E-state index contributed by atoms with van der Waals surface area (Å²) in [6.07, 6.45) is 1.48. The van der Waals surface area contributed by atoms with Gasteiger partial charge < -0.3 is 15.8 Å². The molecule has 3 N–H and O–H groups in total. The number of benzene rings is 1. The number of nitrogens with two attached hydrogens (primary N) is 1. The molecule has 1 aliphatic carbocycles. The van der Waals surface area contributed by atoms with Gasteiger partial charge in [-0.05, 0) is 24.8 Å². The molecule has 1 aliphatic heterocycles. The van der Waals surface area contributed by atoms with E-state index in [2.05, 4.69) is 12.2 Å². The Hall–Kier alpha value is -1.62. The van der Waals surface area contributed by atoms with Crippen LogP contribution in [0.25, 0.3) is 0 Å². The normalized spacial score (nSPS) is 30.9. The van der Waals surface area contributed by atoms with Crippen LogP contribution in [0.4, 0.5) is 0 Å². The van der Waals surface area contributed by atoms with E-state index in [4.69, 9.17) is 22.7 Å². The Morgan fingerprint density at radius 1 is 1.45 bits per heavy atom. The highest BCUT2D eigenvalue weighted by Gasteiger charge is 2.51. The lowest BCUT2D eigenvalue weighted by molar-refractivity contribution is -0.133. The van der Waals surface area contributed by atoms with Gasteiger partial charge >= 0.3 is 0 Å². The molecule has 20 heavy (non-hydrogen) atoms. The van der Waals surface area contributed by atoms with Crippen LogP contribution in [0.5, 0.6) is 5.75 Å². The molecule has 1 saturated carbocycles. The average molecular weight is 290 g/mol. The van der Waals surface area contributed by atoms with Crippen LogP contribution >= 0.6 is 12.2 Å². The Bertz CT molecular complexity index is 567. The Balaban J connectivity index is 1.76. The maximum absolute atomic E-state index is 12.6. The summed E-state index contributed by atoms with van der Waals surface area (Å²) in [6.45, 7) is 2.58. The standard InChI is InChI=1S/C15H18N2O2S/c1-9-6-15(7-9,13(16)20)14(18)17-11-8-19-12-5-3-2-4-10(11)12/h2-5,9,11H,6-8H2,1H3,(H2,16,20)(H,17,18). The van der Waals surface area contributed by atoms with Gasteiger partial charge in [-0.15, -0.1) is 0 Å². The van der Waals surface area contributed by atoms with Crippen LogP contribution < -0.4 is 15.8 Å². The zero-order valence-corrected chi connectivity index (χ0v) is 12.2. The number of nitrogens with one attached hydrogen (secondary N) is 1. The van der Waals surface area contributed by atoms with Crippen molar-refractivity contribution in [2.24, 2.45) is 17.1 Å². The molecule has 0 radical (unpaired) electrons. The molecule has 106 valence electrons. The Labute approximate surface area is 123 Å². The molecule has 4 nitrogen and oxygen atoms in total. The van der Waals surface area contributed by atoms with E-state index in [1.165, 1.54) is 0 Å². The Kier molecular flexibility index (Phi) is 3.17. The molecule has 1 unspecified atom stereocenters. The number of hydrogen-bond acceptors (Lipinski definition) is 3. The number of amides is 1. The minimum absolute atomic E-state index is 0.0617. The predicted molar refractivity (Wildman–Crippen MR) is 80.4 cm³/mol. The lowest BCUT2D eigenvalue weighted by Gasteiger charge is -2.44. The van der Waals surface area contributed by atoms with Crippen molar-refractivity contribution in [3.05, 3.63) is 29.8 Å². The summed E-state index contributed by atoms with van der Waals surface area (Å²) in [5, 5.41) is 3.05. The number of rotatable bonds is 3. The largest absolute Gasteiger partial charge is 0.491 e. The second-order valence-corrected chi connectivity index (χ2v) is 6.27. The highest BCUT2D eigenvalue weighted by atomic mass is 32.1. The lowest BCUT2D eigenvalue weighted by atomic mass is 9.62. The van der Waals surface area contributed by atoms with Crippen molar-refractivity contribution < 1.29 is 9.53 Å². The highest BCUT2D eigenvalue weighted by Crippen LogP contribution is 2.46. The maximum atomic E-state index is 12.6. The van der Waals surface area contributed by atoms with Crippen molar-refractivity contribution >= 4 is 23.1 Å². The number of hydrogen-bond donors (Lipinski definition) is 2. The average Bonchev–Trinajstić information content (AvgIpc) is 2.78. The predicted octanol–water partition coefficient (Wildman–Crippen LogP) is 1.94. The summed E-state index contributed by atoms with van der Waals surface area (Å²) >= 11 is 5.11. The summed E-state index contributed by atoms with van der Waals surface area (Å²) in [7, 11) is 0. The maximum Gasteiger partial charge on any atom is 0.233 e. The zero-order valence-electron chi connectivity index (χ0n) is 11.4. The lowest BCUT2D eigenvalue weighted by Crippen LogP contribution is -2.56. The third kappa shape index (κ3) is 1.97. The molecule has 1 aromatic rings. The molecule has 1 atom stereocenters. The third-order valence-electron chi connectivity index (χ3n) is 4.31. The van der Waals surface area contributed by atoms with Gasteiger partial charge in [0.15, 0.2) is 0 Å². The van der Waals surface area contributed by atoms with E-state index in [1.807, 2.05) is 24.3 Å². The molecule has 2 aliphatic rings. The van der Waals surface area contributed by atoms with Crippen molar-refractivity contribution in [1.29, 1.82) is 0 Å². The van der Waals surface area contributed by atoms with Gasteiger partial charge in [0.25, 0.3) is 0 Å². The van der Waals surface area contributed by atoms with Crippen molar-refractivity contribution in [3.63, 3.8) is 0 Å². The van der Waals surface area contributed by atoms with Crippen molar-refractivity contribution in [1.82, 2.24) is 5.32 Å². The Morgan fingerprint density at radius 3 is 2.80 bits per heavy atom. The molecule has 3 rings (SSSR count). The molecule has 1 aromatic carbocycles. The minimum Gasteiger partial charge on any atom is -0.491 e. The minimum atomic E-state index is -0.660. The molecular weight excluding hydrogens is 272 g/mol. The van der Waals surface area contributed by atoms with Crippen LogP contribution in [0, 0.1) is 11.3 Å². The third-order valence-corrected chi connectivity index (χ3v) is 4.70. The van der Waals surface area contributed by atoms with Crippen molar-refractivity contribution in [3.8, 4) is 5.75 Å². The van der Waals surface area contributed by atoms with E-state index in [0.29, 0.717) is 17.5 Å². The first kappa shape index (κ1) is 13.4. The summed E-state index contributed by atoms with van der Waals surface area (Å²) in [5.41, 5.74) is 6.16. The van der Waals surface area contributed by atoms with E-state index in [-0.39, 0.29) is 11.9 Å². The van der Waals surface area contributed by atoms with E-state index in [0.717, 1.165) is 24.2 Å². The number of para-hydroxylation sites is 1. The van der Waals surface area contributed by atoms with E-state index in [9.17, 15) is 4.79 Å². The van der Waals surface area contributed by atoms with Crippen LogP contribution in [0.3, 0.4) is 0 Å². The van der Waals surface area contributed by atoms with Crippen molar-refractivity contribution in [2.75, 3.05) is 6.61 Å². The summed E-state index contributed by atoms with van der Waals surface area (Å²) in [4.78, 5) is 12.9. The molecule has 1 fully saturated rings. The molecule has 0 bridgehead atoms. The van der Waals surface area contributed by atoms with E-state index >= 15 is 0 Å². The van der Waals surface area contributed by atoms with Gasteiger partial charge in [-0.2, -0.15) is 0 Å². The summed E-state index contributed by atoms with van der Waals surface area (Å²) in [6, 6.07) is 7.65. The van der Waals surface area contributed by atoms with E-state index < -0.39 is 5.41 Å². The molecule has 0 spiro atoms. The second kappa shape index (κ2) is 4.74. The topological polar surface area (TPSA) is 64.3 Å². The quantitative estimate of drug-likeness (QED) is 0.835. The van der Waals surface area contributed by atoms with Crippen LogP contribution in [0.1, 0.15) is 31.4 Å². The van der Waals surface area contributed by atoms with Gasteiger partial charge in [-0.25, -0.2) is 0 Å². The first-order valence-electron chi connectivity index (χ1n) is 6.85. The molecule has 0 aromatic heterocycles. The smallest absolute Gasteiger partial charge is 0.233 e.